The molecule has 2 heterocycles. The van der Waals surface area contributed by atoms with E-state index < -0.39 is 29.1 Å². The van der Waals surface area contributed by atoms with E-state index in [0.717, 1.165) is 0 Å². The number of ether oxygens (including phenoxy) is 2. The zero-order chi connectivity index (χ0) is 15.0. The summed E-state index contributed by atoms with van der Waals surface area (Å²) >= 11 is 0. The van der Waals surface area contributed by atoms with Crippen molar-refractivity contribution in [3.05, 3.63) is 0 Å². The first-order valence-corrected chi connectivity index (χ1v) is 6.72. The molecule has 0 amide bonds. The van der Waals surface area contributed by atoms with Crippen LogP contribution in [0.2, 0.25) is 0 Å². The van der Waals surface area contributed by atoms with E-state index in [1.807, 2.05) is 26.0 Å². The van der Waals surface area contributed by atoms with Gasteiger partial charge in [0.1, 0.15) is 0 Å². The summed E-state index contributed by atoms with van der Waals surface area (Å²) in [6.07, 6.45) is 0.281. The van der Waals surface area contributed by atoms with Gasteiger partial charge in [0.05, 0.1) is 30.2 Å². The third kappa shape index (κ3) is 1.36. The molecule has 0 aliphatic carbocycles. The molecule has 2 aliphatic heterocycles. The minimum Gasteiger partial charge on any atom is -0.450 e. The van der Waals surface area contributed by atoms with Crippen LogP contribution in [0.25, 0.3) is 0 Å². The van der Waals surface area contributed by atoms with Crippen LogP contribution in [0.15, 0.2) is 0 Å². The topological polar surface area (TPSA) is 114 Å². The second-order valence-corrected chi connectivity index (χ2v) is 5.19. The Morgan fingerprint density at radius 3 is 2.30 bits per heavy atom. The summed E-state index contributed by atoms with van der Waals surface area (Å²) in [5.74, 6) is -0.772. The summed E-state index contributed by atoms with van der Waals surface area (Å²) in [6, 6.07) is 6.04. The zero-order valence-corrected chi connectivity index (χ0v) is 11.5. The van der Waals surface area contributed by atoms with Crippen molar-refractivity contribution in [1.82, 2.24) is 0 Å². The monoisotopic (exact) mass is 272 g/mol. The van der Waals surface area contributed by atoms with E-state index in [-0.39, 0.29) is 5.90 Å². The van der Waals surface area contributed by atoms with Crippen molar-refractivity contribution in [2.75, 3.05) is 0 Å². The van der Waals surface area contributed by atoms with Crippen LogP contribution in [-0.4, -0.2) is 18.3 Å². The molecule has 20 heavy (non-hydrogen) atoms. The predicted molar refractivity (Wildman–Crippen MR) is 67.9 cm³/mol. The smallest absolute Gasteiger partial charge is 0.207 e. The lowest BCUT2D eigenvalue weighted by molar-refractivity contribution is -0.202. The van der Waals surface area contributed by atoms with Gasteiger partial charge >= 0.3 is 0 Å². The number of nitrogens with one attached hydrogen (secondary N) is 1. The molecule has 104 valence electrons. The van der Waals surface area contributed by atoms with Crippen LogP contribution in [0, 0.1) is 56.2 Å². The van der Waals surface area contributed by atoms with Crippen molar-refractivity contribution in [3.8, 4) is 18.2 Å². The Balaban J connectivity index is 2.69. The quantitative estimate of drug-likeness (QED) is 0.844. The molecule has 2 fully saturated rings. The molecule has 0 aromatic rings. The normalized spacial score (nSPS) is 37.4. The van der Waals surface area contributed by atoms with Gasteiger partial charge in [-0.2, -0.15) is 15.8 Å². The number of hydrogen-bond donors (Lipinski definition) is 1. The van der Waals surface area contributed by atoms with Crippen LogP contribution in [0.3, 0.4) is 0 Å². The van der Waals surface area contributed by atoms with Gasteiger partial charge in [-0.25, -0.2) is 0 Å². The van der Waals surface area contributed by atoms with Crippen LogP contribution in [0.4, 0.5) is 0 Å². The van der Waals surface area contributed by atoms with Gasteiger partial charge in [0.2, 0.25) is 12.2 Å². The summed E-state index contributed by atoms with van der Waals surface area (Å²) in [5, 5.41) is 37.0. The summed E-state index contributed by atoms with van der Waals surface area (Å²) in [5.41, 5.74) is -3.23. The van der Waals surface area contributed by atoms with Gasteiger partial charge in [0.15, 0.2) is 10.8 Å². The highest BCUT2D eigenvalue weighted by Gasteiger charge is 2.74. The highest BCUT2D eigenvalue weighted by atomic mass is 16.7. The van der Waals surface area contributed by atoms with Gasteiger partial charge in [-0.3, -0.25) is 5.41 Å². The first-order chi connectivity index (χ1) is 9.57. The Labute approximate surface area is 118 Å². The molecule has 6 nitrogen and oxygen atoms in total. The Bertz CT molecular complexity index is 539. The number of nitriles is 3. The van der Waals surface area contributed by atoms with Crippen molar-refractivity contribution in [3.63, 3.8) is 0 Å². The largest absolute Gasteiger partial charge is 0.450 e. The number of nitrogens with zero attached hydrogens (tertiary/aromatic N) is 3. The van der Waals surface area contributed by atoms with Crippen molar-refractivity contribution in [2.24, 2.45) is 16.7 Å². The second kappa shape index (κ2) is 4.78. The molecule has 0 aromatic heterocycles. The molecule has 2 saturated heterocycles. The van der Waals surface area contributed by atoms with Crippen molar-refractivity contribution >= 4 is 5.90 Å². The molecule has 4 atom stereocenters. The maximum absolute atomic E-state index is 9.70. The van der Waals surface area contributed by atoms with Gasteiger partial charge in [-0.05, 0) is 12.8 Å². The SMILES string of the molecule is CCCC1OC2OC(=N)C(C#N)(C2CC)C1(C#N)C#N. The summed E-state index contributed by atoms with van der Waals surface area (Å²) in [6.45, 7) is 3.76. The van der Waals surface area contributed by atoms with Crippen LogP contribution in [0.1, 0.15) is 33.1 Å². The van der Waals surface area contributed by atoms with Crippen molar-refractivity contribution in [2.45, 2.75) is 45.5 Å². The third-order valence-electron chi connectivity index (χ3n) is 4.40. The Hall–Kier alpha value is -2.10. The number of fused-ring (bicyclic) bond motifs is 2. The Morgan fingerprint density at radius 1 is 1.20 bits per heavy atom. The fourth-order valence-electron chi connectivity index (χ4n) is 3.39. The molecular weight excluding hydrogens is 256 g/mol. The summed E-state index contributed by atoms with van der Waals surface area (Å²) in [4.78, 5) is 0. The van der Waals surface area contributed by atoms with Crippen LogP contribution in [0.5, 0.6) is 0 Å². The van der Waals surface area contributed by atoms with Crippen LogP contribution >= 0.6 is 0 Å². The summed E-state index contributed by atoms with van der Waals surface area (Å²) < 4.78 is 11.1. The fraction of sp³-hybridized carbons (Fsp3) is 0.714. The Kier molecular flexibility index (Phi) is 3.42. The van der Waals surface area contributed by atoms with E-state index in [0.29, 0.717) is 19.3 Å². The molecule has 2 aliphatic rings. The molecular formula is C14H16N4O2. The molecule has 1 N–H and O–H groups in total. The highest BCUT2D eigenvalue weighted by Crippen LogP contribution is 2.60. The van der Waals surface area contributed by atoms with E-state index in [1.165, 1.54) is 0 Å². The lowest BCUT2D eigenvalue weighted by atomic mass is 9.55. The van der Waals surface area contributed by atoms with Gasteiger partial charge < -0.3 is 9.47 Å². The van der Waals surface area contributed by atoms with E-state index in [2.05, 4.69) is 6.07 Å². The third-order valence-corrected chi connectivity index (χ3v) is 4.40. The lowest BCUT2D eigenvalue weighted by Crippen LogP contribution is -2.58. The number of rotatable bonds is 3. The first-order valence-electron chi connectivity index (χ1n) is 6.72. The van der Waals surface area contributed by atoms with Gasteiger partial charge in [-0.15, -0.1) is 0 Å². The van der Waals surface area contributed by atoms with E-state index in [1.54, 1.807) is 0 Å². The lowest BCUT2D eigenvalue weighted by Gasteiger charge is -2.44. The number of hydrogen-bond acceptors (Lipinski definition) is 6. The molecule has 0 radical (unpaired) electrons. The first kappa shape index (κ1) is 14.3. The highest BCUT2D eigenvalue weighted by molar-refractivity contribution is 5.88. The summed E-state index contributed by atoms with van der Waals surface area (Å²) in [7, 11) is 0. The average molecular weight is 272 g/mol. The molecule has 0 saturated carbocycles. The molecule has 2 rings (SSSR count). The molecule has 4 unspecified atom stereocenters. The minimum absolute atomic E-state index is 0.307. The second-order valence-electron chi connectivity index (χ2n) is 5.19. The molecule has 2 bridgehead atoms. The maximum atomic E-state index is 9.70. The van der Waals surface area contributed by atoms with Gasteiger partial charge in [-0.1, -0.05) is 20.3 Å². The Morgan fingerprint density at radius 2 is 1.85 bits per heavy atom. The molecule has 0 spiro atoms. The molecule has 0 aromatic carbocycles. The van der Waals surface area contributed by atoms with E-state index in [9.17, 15) is 15.8 Å². The maximum Gasteiger partial charge on any atom is 0.207 e. The molecule has 6 heteroatoms. The van der Waals surface area contributed by atoms with E-state index >= 15 is 0 Å². The fourth-order valence-corrected chi connectivity index (χ4v) is 3.39. The predicted octanol–water partition coefficient (Wildman–Crippen LogP) is 2.09. The van der Waals surface area contributed by atoms with Gasteiger partial charge in [0, 0.05) is 0 Å². The van der Waals surface area contributed by atoms with Crippen molar-refractivity contribution < 1.29 is 9.47 Å². The zero-order valence-electron chi connectivity index (χ0n) is 11.5. The van der Waals surface area contributed by atoms with Crippen molar-refractivity contribution in [1.29, 1.82) is 21.2 Å². The van der Waals surface area contributed by atoms with Gasteiger partial charge in [0.25, 0.3) is 0 Å². The van der Waals surface area contributed by atoms with E-state index in [4.69, 9.17) is 14.9 Å². The van der Waals surface area contributed by atoms with Crippen LogP contribution in [-0.2, 0) is 9.47 Å². The average Bonchev–Trinajstić information content (AvgIpc) is 2.68. The standard InChI is InChI=1S/C14H16N4O2/c1-3-5-10-13(6-15,7-16)14(8-17)9(4-2)11(19-10)20-12(14)18/h9-11,18H,3-5H2,1-2H3. The van der Waals surface area contributed by atoms with Crippen LogP contribution < -0.4 is 0 Å². The minimum atomic E-state index is -1.69.